The molecule has 0 spiro atoms. The number of carbonyl (C=O) groups is 1. The smallest absolute Gasteiger partial charge is 0.280 e. The highest BCUT2D eigenvalue weighted by molar-refractivity contribution is 6.00. The van der Waals surface area contributed by atoms with Crippen molar-refractivity contribution >= 4 is 22.5 Å². The predicted molar refractivity (Wildman–Crippen MR) is 138 cm³/mol. The van der Waals surface area contributed by atoms with Crippen LogP contribution in [0, 0.1) is 0 Å². The van der Waals surface area contributed by atoms with Crippen LogP contribution in [-0.4, -0.2) is 42.9 Å². The van der Waals surface area contributed by atoms with Crippen molar-refractivity contribution in [3.05, 3.63) is 82.6 Å². The Morgan fingerprint density at radius 3 is 2.29 bits per heavy atom. The molecule has 0 atom stereocenters. The third-order valence-corrected chi connectivity index (χ3v) is 5.89. The number of nitrogens with one attached hydrogen (secondary N) is 1. The molecule has 180 valence electrons. The summed E-state index contributed by atoms with van der Waals surface area (Å²) in [5, 5.41) is 0.397. The lowest BCUT2D eigenvalue weighted by atomic mass is 10.1. The summed E-state index contributed by atoms with van der Waals surface area (Å²) in [5.74, 6) is 0.889. The largest absolute Gasteiger partial charge is 0.493 e. The van der Waals surface area contributed by atoms with E-state index in [0.717, 1.165) is 18.8 Å². The van der Waals surface area contributed by atoms with Crippen LogP contribution in [0.3, 0.4) is 0 Å². The van der Waals surface area contributed by atoms with Crippen LogP contribution in [-0.2, 0) is 0 Å². The fraction of sp³-hybridized carbons (Fsp3) is 0.222. The lowest BCUT2D eigenvalue weighted by Gasteiger charge is -2.21. The van der Waals surface area contributed by atoms with Gasteiger partial charge in [-0.2, -0.15) is 4.68 Å². The van der Waals surface area contributed by atoms with E-state index < -0.39 is 5.91 Å². The SMILES string of the molecule is CCN(CC)c1ccc(C(=O)Nn2c(-c3ccc(OC)c(OC)c3)nc3ccccc3c2=O)cc1. The number of nitrogens with zero attached hydrogens (tertiary/aromatic N) is 3. The molecule has 0 bridgehead atoms. The minimum Gasteiger partial charge on any atom is -0.493 e. The Bertz CT molecular complexity index is 1410. The second-order valence-corrected chi connectivity index (χ2v) is 7.82. The predicted octanol–water partition coefficient (Wildman–Crippen LogP) is 4.31. The molecule has 0 radical (unpaired) electrons. The van der Waals surface area contributed by atoms with Crippen molar-refractivity contribution < 1.29 is 14.3 Å². The van der Waals surface area contributed by atoms with E-state index in [1.165, 1.54) is 11.8 Å². The number of methoxy groups -OCH3 is 2. The summed E-state index contributed by atoms with van der Waals surface area (Å²) in [6.45, 7) is 5.90. The van der Waals surface area contributed by atoms with Gasteiger partial charge < -0.3 is 14.4 Å². The Hall–Kier alpha value is -4.33. The van der Waals surface area contributed by atoms with Crippen molar-refractivity contribution in [1.82, 2.24) is 9.66 Å². The first-order chi connectivity index (χ1) is 17.0. The minimum absolute atomic E-state index is 0.280. The standard InChI is InChI=1S/C27H28N4O4/c1-5-30(6-2)20-14-11-18(12-15-20)26(32)29-31-25(19-13-16-23(34-3)24(17-19)35-4)28-22-10-8-7-9-21(22)27(31)33/h7-17H,5-6H2,1-4H3,(H,29,32). The Morgan fingerprint density at radius 1 is 0.943 bits per heavy atom. The van der Waals surface area contributed by atoms with E-state index in [4.69, 9.17) is 9.47 Å². The summed E-state index contributed by atoms with van der Waals surface area (Å²) in [7, 11) is 3.08. The summed E-state index contributed by atoms with van der Waals surface area (Å²) in [6, 6.07) is 19.5. The second kappa shape index (κ2) is 10.3. The Labute approximate surface area is 203 Å². The third kappa shape index (κ3) is 4.68. The molecule has 1 N–H and O–H groups in total. The maximum absolute atomic E-state index is 13.4. The van der Waals surface area contributed by atoms with Gasteiger partial charge in [0.1, 0.15) is 0 Å². The van der Waals surface area contributed by atoms with Crippen molar-refractivity contribution in [2.24, 2.45) is 0 Å². The van der Waals surface area contributed by atoms with E-state index in [1.54, 1.807) is 55.6 Å². The zero-order valence-electron chi connectivity index (χ0n) is 20.2. The summed E-state index contributed by atoms with van der Waals surface area (Å²) >= 11 is 0. The van der Waals surface area contributed by atoms with Crippen LogP contribution in [0.4, 0.5) is 5.69 Å². The van der Waals surface area contributed by atoms with E-state index in [1.807, 2.05) is 18.2 Å². The number of fused-ring (bicyclic) bond motifs is 1. The summed E-state index contributed by atoms with van der Waals surface area (Å²) in [4.78, 5) is 33.5. The normalized spacial score (nSPS) is 10.7. The van der Waals surface area contributed by atoms with Crippen LogP contribution >= 0.6 is 0 Å². The number of hydrogen-bond acceptors (Lipinski definition) is 6. The number of rotatable bonds is 8. The molecule has 8 heteroatoms. The highest BCUT2D eigenvalue weighted by Gasteiger charge is 2.18. The number of carbonyl (C=O) groups excluding carboxylic acids is 1. The molecule has 4 rings (SSSR count). The molecule has 0 aliphatic rings. The number of para-hydroxylation sites is 1. The molecule has 0 saturated heterocycles. The first-order valence-corrected chi connectivity index (χ1v) is 11.4. The molecule has 0 fully saturated rings. The molecule has 8 nitrogen and oxygen atoms in total. The molecule has 35 heavy (non-hydrogen) atoms. The van der Waals surface area contributed by atoms with Gasteiger partial charge in [-0.05, 0) is 68.4 Å². The van der Waals surface area contributed by atoms with Gasteiger partial charge in [-0.25, -0.2) is 4.98 Å². The van der Waals surface area contributed by atoms with Crippen molar-refractivity contribution in [3.63, 3.8) is 0 Å². The van der Waals surface area contributed by atoms with E-state index in [-0.39, 0.29) is 11.4 Å². The molecule has 1 aromatic heterocycles. The third-order valence-electron chi connectivity index (χ3n) is 5.89. The van der Waals surface area contributed by atoms with E-state index in [2.05, 4.69) is 29.2 Å². The fourth-order valence-electron chi connectivity index (χ4n) is 3.98. The van der Waals surface area contributed by atoms with Crippen LogP contribution < -0.4 is 25.4 Å². The molecular formula is C27H28N4O4. The molecule has 4 aromatic rings. The number of aromatic nitrogens is 2. The van der Waals surface area contributed by atoms with Gasteiger partial charge in [0.25, 0.3) is 11.5 Å². The van der Waals surface area contributed by atoms with Gasteiger partial charge >= 0.3 is 0 Å². The molecule has 1 heterocycles. The lowest BCUT2D eigenvalue weighted by molar-refractivity contribution is 0.101. The average molecular weight is 473 g/mol. The molecule has 0 aliphatic carbocycles. The Kier molecular flexibility index (Phi) is 7.01. The summed E-state index contributed by atoms with van der Waals surface area (Å²) in [6.07, 6.45) is 0. The quantitative estimate of drug-likeness (QED) is 0.411. The number of anilines is 1. The van der Waals surface area contributed by atoms with E-state index in [9.17, 15) is 9.59 Å². The molecule has 1 amide bonds. The molecule has 3 aromatic carbocycles. The van der Waals surface area contributed by atoms with Crippen LogP contribution in [0.1, 0.15) is 24.2 Å². The van der Waals surface area contributed by atoms with Crippen molar-refractivity contribution in [2.45, 2.75) is 13.8 Å². The highest BCUT2D eigenvalue weighted by atomic mass is 16.5. The van der Waals surface area contributed by atoms with Gasteiger partial charge in [-0.1, -0.05) is 12.1 Å². The minimum atomic E-state index is -0.419. The van der Waals surface area contributed by atoms with Crippen LogP contribution in [0.25, 0.3) is 22.3 Å². The lowest BCUT2D eigenvalue weighted by Crippen LogP contribution is -2.35. The second-order valence-electron chi connectivity index (χ2n) is 7.82. The number of benzene rings is 3. The number of hydrogen-bond donors (Lipinski definition) is 1. The van der Waals surface area contributed by atoms with Gasteiger partial charge in [-0.15, -0.1) is 0 Å². The number of amides is 1. The fourth-order valence-corrected chi connectivity index (χ4v) is 3.98. The van der Waals surface area contributed by atoms with Crippen LogP contribution in [0.5, 0.6) is 11.5 Å². The first kappa shape index (κ1) is 23.8. The average Bonchev–Trinajstić information content (AvgIpc) is 2.90. The zero-order chi connectivity index (χ0) is 24.9. The summed E-state index contributed by atoms with van der Waals surface area (Å²) < 4.78 is 11.9. The first-order valence-electron chi connectivity index (χ1n) is 11.4. The highest BCUT2D eigenvalue weighted by Crippen LogP contribution is 2.31. The van der Waals surface area contributed by atoms with Gasteiger partial charge in [0, 0.05) is 29.9 Å². The Balaban J connectivity index is 1.79. The van der Waals surface area contributed by atoms with Crippen LogP contribution in [0.2, 0.25) is 0 Å². The zero-order valence-corrected chi connectivity index (χ0v) is 20.2. The van der Waals surface area contributed by atoms with Crippen molar-refractivity contribution in [3.8, 4) is 22.9 Å². The molecule has 0 aliphatic heterocycles. The van der Waals surface area contributed by atoms with Gasteiger partial charge in [0.05, 0.1) is 25.1 Å². The monoisotopic (exact) mass is 472 g/mol. The maximum atomic E-state index is 13.4. The van der Waals surface area contributed by atoms with Gasteiger partial charge in [0.15, 0.2) is 17.3 Å². The maximum Gasteiger partial charge on any atom is 0.280 e. The van der Waals surface area contributed by atoms with Crippen molar-refractivity contribution in [2.75, 3.05) is 37.6 Å². The topological polar surface area (TPSA) is 85.7 Å². The van der Waals surface area contributed by atoms with Crippen molar-refractivity contribution in [1.29, 1.82) is 0 Å². The van der Waals surface area contributed by atoms with E-state index in [0.29, 0.717) is 33.5 Å². The molecule has 0 saturated carbocycles. The Morgan fingerprint density at radius 2 is 1.63 bits per heavy atom. The van der Waals surface area contributed by atoms with Crippen LogP contribution in [0.15, 0.2) is 71.5 Å². The number of ether oxygens (including phenoxy) is 2. The van der Waals surface area contributed by atoms with Gasteiger partial charge in [-0.3, -0.25) is 15.0 Å². The molecule has 0 unspecified atom stereocenters. The van der Waals surface area contributed by atoms with Gasteiger partial charge in [0.2, 0.25) is 0 Å². The summed E-state index contributed by atoms with van der Waals surface area (Å²) in [5.41, 5.74) is 4.93. The van der Waals surface area contributed by atoms with E-state index >= 15 is 0 Å². The molecular weight excluding hydrogens is 444 g/mol.